The number of fused-ring (bicyclic) bond motifs is 1. The Kier molecular flexibility index (Phi) is 7.20. The average Bonchev–Trinajstić information content (AvgIpc) is 3.00. The molecule has 0 atom stereocenters. The summed E-state index contributed by atoms with van der Waals surface area (Å²) in [6.45, 7) is 1.03. The SMILES string of the molecule is O=C(CCCNS(=O)(=O)c1ccc2c(c1)OCCCO2)NNC(=O)c1cccnc1. The molecule has 10 nitrogen and oxygen atoms in total. The van der Waals surface area contributed by atoms with Crippen molar-refractivity contribution in [2.45, 2.75) is 24.2 Å². The molecule has 0 radical (unpaired) electrons. The van der Waals surface area contributed by atoms with Crippen molar-refractivity contribution in [1.29, 1.82) is 0 Å². The molecule has 2 heterocycles. The largest absolute Gasteiger partial charge is 0.490 e. The molecule has 0 spiro atoms. The average molecular weight is 434 g/mol. The minimum atomic E-state index is -3.76. The van der Waals surface area contributed by atoms with E-state index in [1.165, 1.54) is 24.5 Å². The van der Waals surface area contributed by atoms with E-state index in [0.717, 1.165) is 6.42 Å². The molecular weight excluding hydrogens is 412 g/mol. The van der Waals surface area contributed by atoms with Gasteiger partial charge in [-0.1, -0.05) is 0 Å². The molecule has 0 saturated carbocycles. The number of hydrazine groups is 1. The van der Waals surface area contributed by atoms with Gasteiger partial charge in [-0.2, -0.15) is 0 Å². The second kappa shape index (κ2) is 10.0. The number of ether oxygens (including phenoxy) is 2. The van der Waals surface area contributed by atoms with Crippen molar-refractivity contribution in [2.24, 2.45) is 0 Å². The maximum Gasteiger partial charge on any atom is 0.271 e. The highest BCUT2D eigenvalue weighted by Gasteiger charge is 2.18. The standard InChI is InChI=1S/C19H22N4O6S/c24-18(22-23-19(25)14-4-1-8-20-13-14)5-2-9-21-30(26,27)15-6-7-16-17(12-15)29-11-3-10-28-16/h1,4,6-8,12-13,21H,2-3,5,9-11H2,(H,22,24)(H,23,25). The molecule has 11 heteroatoms. The lowest BCUT2D eigenvalue weighted by Gasteiger charge is -2.11. The van der Waals surface area contributed by atoms with E-state index < -0.39 is 21.8 Å². The maximum absolute atomic E-state index is 12.4. The summed E-state index contributed by atoms with van der Waals surface area (Å²) >= 11 is 0. The summed E-state index contributed by atoms with van der Waals surface area (Å²) in [7, 11) is -3.76. The van der Waals surface area contributed by atoms with Gasteiger partial charge in [-0.15, -0.1) is 0 Å². The van der Waals surface area contributed by atoms with Crippen LogP contribution in [-0.2, 0) is 14.8 Å². The smallest absolute Gasteiger partial charge is 0.271 e. The zero-order chi connectivity index (χ0) is 21.4. The summed E-state index contributed by atoms with van der Waals surface area (Å²) in [5.74, 6) is -0.0378. The molecule has 1 aromatic heterocycles. The third kappa shape index (κ3) is 5.91. The first-order valence-electron chi connectivity index (χ1n) is 9.34. The molecule has 2 amide bonds. The van der Waals surface area contributed by atoms with Crippen LogP contribution in [0, 0.1) is 0 Å². The fraction of sp³-hybridized carbons (Fsp3) is 0.316. The minimum absolute atomic E-state index is 0.0248. The molecule has 3 N–H and O–H groups in total. The Morgan fingerprint density at radius 3 is 2.63 bits per heavy atom. The van der Waals surface area contributed by atoms with Crippen LogP contribution in [0.5, 0.6) is 11.5 Å². The van der Waals surface area contributed by atoms with Gasteiger partial charge in [0.2, 0.25) is 15.9 Å². The van der Waals surface area contributed by atoms with Gasteiger partial charge in [0.25, 0.3) is 5.91 Å². The summed E-state index contributed by atoms with van der Waals surface area (Å²) in [4.78, 5) is 27.5. The van der Waals surface area contributed by atoms with Crippen LogP contribution >= 0.6 is 0 Å². The molecule has 0 saturated heterocycles. The Labute approximate surface area is 174 Å². The fourth-order valence-electron chi connectivity index (χ4n) is 2.61. The lowest BCUT2D eigenvalue weighted by atomic mass is 10.3. The molecule has 0 fully saturated rings. The van der Waals surface area contributed by atoms with Crippen LogP contribution in [0.4, 0.5) is 0 Å². The lowest BCUT2D eigenvalue weighted by molar-refractivity contribution is -0.121. The van der Waals surface area contributed by atoms with Gasteiger partial charge in [0.05, 0.1) is 23.7 Å². The summed E-state index contributed by atoms with van der Waals surface area (Å²) < 4.78 is 38.3. The predicted octanol–water partition coefficient (Wildman–Crippen LogP) is 0.763. The number of carbonyl (C=O) groups is 2. The number of nitrogens with zero attached hydrogens (tertiary/aromatic N) is 1. The zero-order valence-electron chi connectivity index (χ0n) is 16.1. The first-order valence-corrected chi connectivity index (χ1v) is 10.8. The summed E-state index contributed by atoms with van der Waals surface area (Å²) in [5.41, 5.74) is 4.86. The number of amides is 2. The number of nitrogens with one attached hydrogen (secondary N) is 3. The van der Waals surface area contributed by atoms with E-state index in [4.69, 9.17) is 9.47 Å². The number of carbonyl (C=O) groups excluding carboxylic acids is 2. The highest BCUT2D eigenvalue weighted by molar-refractivity contribution is 7.89. The minimum Gasteiger partial charge on any atom is -0.490 e. The quantitative estimate of drug-likeness (QED) is 0.432. The molecule has 1 aromatic carbocycles. The molecule has 1 aliphatic rings. The number of pyridine rings is 1. The number of rotatable bonds is 7. The number of benzene rings is 1. The van der Waals surface area contributed by atoms with E-state index >= 15 is 0 Å². The summed E-state index contributed by atoms with van der Waals surface area (Å²) in [5, 5.41) is 0. The van der Waals surface area contributed by atoms with Gasteiger partial charge >= 0.3 is 0 Å². The third-order valence-electron chi connectivity index (χ3n) is 4.14. The summed E-state index contributed by atoms with van der Waals surface area (Å²) in [6, 6.07) is 7.59. The highest BCUT2D eigenvalue weighted by atomic mass is 32.2. The van der Waals surface area contributed by atoms with Gasteiger partial charge in [0.15, 0.2) is 11.5 Å². The van der Waals surface area contributed by atoms with Crippen molar-refractivity contribution in [2.75, 3.05) is 19.8 Å². The fourth-order valence-corrected chi connectivity index (χ4v) is 3.70. The van der Waals surface area contributed by atoms with Crippen molar-refractivity contribution in [1.82, 2.24) is 20.6 Å². The van der Waals surface area contributed by atoms with Gasteiger partial charge in [0, 0.05) is 37.8 Å². The van der Waals surface area contributed by atoms with E-state index in [1.54, 1.807) is 18.2 Å². The first-order chi connectivity index (χ1) is 14.5. The van der Waals surface area contributed by atoms with Gasteiger partial charge in [-0.3, -0.25) is 25.4 Å². The molecule has 30 heavy (non-hydrogen) atoms. The van der Waals surface area contributed by atoms with Gasteiger partial charge in [0.1, 0.15) is 0 Å². The van der Waals surface area contributed by atoms with Gasteiger partial charge < -0.3 is 9.47 Å². The van der Waals surface area contributed by atoms with E-state index in [-0.39, 0.29) is 24.3 Å². The topological polar surface area (TPSA) is 136 Å². The maximum atomic E-state index is 12.4. The highest BCUT2D eigenvalue weighted by Crippen LogP contribution is 2.31. The molecule has 3 rings (SSSR count). The number of hydrogen-bond donors (Lipinski definition) is 3. The second-order valence-electron chi connectivity index (χ2n) is 6.40. The van der Waals surface area contributed by atoms with E-state index in [9.17, 15) is 18.0 Å². The number of sulfonamides is 1. The first kappa shape index (κ1) is 21.5. The zero-order valence-corrected chi connectivity index (χ0v) is 16.9. The van der Waals surface area contributed by atoms with Gasteiger partial charge in [-0.25, -0.2) is 13.1 Å². The van der Waals surface area contributed by atoms with Crippen LogP contribution in [0.2, 0.25) is 0 Å². The van der Waals surface area contributed by atoms with Crippen LogP contribution < -0.4 is 25.0 Å². The normalized spacial score (nSPS) is 13.2. The molecule has 2 aromatic rings. The van der Waals surface area contributed by atoms with Crippen molar-refractivity contribution in [3.63, 3.8) is 0 Å². The Balaban J connectivity index is 1.42. The van der Waals surface area contributed by atoms with Crippen LogP contribution in [0.1, 0.15) is 29.6 Å². The molecule has 160 valence electrons. The van der Waals surface area contributed by atoms with Crippen LogP contribution in [-0.4, -0.2) is 45.0 Å². The van der Waals surface area contributed by atoms with Gasteiger partial charge in [-0.05, 0) is 30.7 Å². The number of aromatic nitrogens is 1. The molecule has 0 unspecified atom stereocenters. The van der Waals surface area contributed by atoms with Crippen LogP contribution in [0.15, 0.2) is 47.6 Å². The van der Waals surface area contributed by atoms with Crippen molar-refractivity contribution in [3.8, 4) is 11.5 Å². The van der Waals surface area contributed by atoms with E-state index in [0.29, 0.717) is 30.3 Å². The van der Waals surface area contributed by atoms with Crippen LogP contribution in [0.25, 0.3) is 0 Å². The molecular formula is C19H22N4O6S. The Morgan fingerprint density at radius 1 is 1.07 bits per heavy atom. The third-order valence-corrected chi connectivity index (χ3v) is 5.60. The monoisotopic (exact) mass is 434 g/mol. The Hall–Kier alpha value is -3.18. The molecule has 1 aliphatic heterocycles. The van der Waals surface area contributed by atoms with Crippen molar-refractivity contribution < 1.29 is 27.5 Å². The van der Waals surface area contributed by atoms with E-state index in [2.05, 4.69) is 20.6 Å². The Morgan fingerprint density at radius 2 is 1.87 bits per heavy atom. The number of hydrogen-bond acceptors (Lipinski definition) is 7. The van der Waals surface area contributed by atoms with Crippen molar-refractivity contribution in [3.05, 3.63) is 48.3 Å². The summed E-state index contributed by atoms with van der Waals surface area (Å²) in [6.07, 6.45) is 3.90. The second-order valence-corrected chi connectivity index (χ2v) is 8.17. The molecule has 0 aliphatic carbocycles. The Bertz CT molecular complexity index is 997. The van der Waals surface area contributed by atoms with Crippen molar-refractivity contribution >= 4 is 21.8 Å². The van der Waals surface area contributed by atoms with Crippen LogP contribution in [0.3, 0.4) is 0 Å². The predicted molar refractivity (Wildman–Crippen MR) is 106 cm³/mol. The van der Waals surface area contributed by atoms with E-state index in [1.807, 2.05) is 0 Å². The lowest BCUT2D eigenvalue weighted by Crippen LogP contribution is -2.41. The molecule has 0 bridgehead atoms.